The molecule has 0 bridgehead atoms. The van der Waals surface area contributed by atoms with Gasteiger partial charge in [0, 0.05) is 17.2 Å². The van der Waals surface area contributed by atoms with Gasteiger partial charge in [0.25, 0.3) is 0 Å². The van der Waals surface area contributed by atoms with Crippen molar-refractivity contribution in [3.8, 4) is 6.07 Å². The summed E-state index contributed by atoms with van der Waals surface area (Å²) in [5.41, 5.74) is -0.504. The van der Waals surface area contributed by atoms with Crippen LogP contribution in [0.2, 0.25) is 0 Å². The zero-order valence-corrected chi connectivity index (χ0v) is 11.5. The maximum Gasteiger partial charge on any atom is 0.200 e. The fraction of sp³-hybridized carbons (Fsp3) is 0. The number of fused-ring (bicyclic) bond motifs is 1. The van der Waals surface area contributed by atoms with E-state index in [4.69, 9.17) is 0 Å². The number of ketones is 1. The first kappa shape index (κ1) is 14.6. The second-order valence-electron chi connectivity index (χ2n) is 4.77. The van der Waals surface area contributed by atoms with Gasteiger partial charge in [-0.25, -0.2) is 13.8 Å². The summed E-state index contributed by atoms with van der Waals surface area (Å²) >= 11 is 0. The maximum absolute atomic E-state index is 13.7. The molecule has 1 aliphatic rings. The van der Waals surface area contributed by atoms with Crippen LogP contribution in [0.3, 0.4) is 0 Å². The first-order valence-corrected chi connectivity index (χ1v) is 6.54. The van der Waals surface area contributed by atoms with Gasteiger partial charge >= 0.3 is 0 Å². The number of rotatable bonds is 2. The third-order valence-electron chi connectivity index (χ3n) is 3.38. The number of nitriles is 1. The number of Topliss-reactive ketones (excluding diaryl/α,β-unsaturated/α-hetero) is 1. The van der Waals surface area contributed by atoms with Crippen molar-refractivity contribution >= 4 is 22.9 Å². The van der Waals surface area contributed by atoms with Crippen molar-refractivity contribution in [3.05, 3.63) is 70.8 Å². The van der Waals surface area contributed by atoms with Crippen LogP contribution in [-0.2, 0) is 0 Å². The molecule has 4 nitrogen and oxygen atoms in total. The first-order valence-electron chi connectivity index (χ1n) is 6.54. The fourth-order valence-corrected chi connectivity index (χ4v) is 2.31. The number of aliphatic hydroxyl groups is 1. The molecule has 112 valence electrons. The molecule has 1 aliphatic carbocycles. The summed E-state index contributed by atoms with van der Waals surface area (Å²) in [6.45, 7) is 0. The van der Waals surface area contributed by atoms with Crippen molar-refractivity contribution in [2.75, 3.05) is 0 Å². The lowest BCUT2D eigenvalue weighted by Crippen LogP contribution is -2.09. The third kappa shape index (κ3) is 2.38. The molecule has 0 atom stereocenters. The molecule has 0 aliphatic heterocycles. The molecule has 2 aromatic rings. The van der Waals surface area contributed by atoms with Crippen LogP contribution in [0, 0.1) is 23.0 Å². The van der Waals surface area contributed by atoms with E-state index in [9.17, 15) is 23.9 Å². The van der Waals surface area contributed by atoms with E-state index in [0.29, 0.717) is 6.07 Å². The molecule has 0 radical (unpaired) electrons. The average molecular weight is 310 g/mol. The highest BCUT2D eigenvalue weighted by Gasteiger charge is 2.32. The minimum atomic E-state index is -0.971. The Morgan fingerprint density at radius 2 is 1.83 bits per heavy atom. The van der Waals surface area contributed by atoms with Gasteiger partial charge in [0.1, 0.15) is 28.9 Å². The van der Waals surface area contributed by atoms with Gasteiger partial charge in [-0.05, 0) is 12.1 Å². The molecule has 1 N–H and O–H groups in total. The molecular weight excluding hydrogens is 302 g/mol. The van der Waals surface area contributed by atoms with Gasteiger partial charge in [-0.15, -0.1) is 0 Å². The van der Waals surface area contributed by atoms with Gasteiger partial charge in [0.05, 0.1) is 0 Å². The van der Waals surface area contributed by atoms with Gasteiger partial charge in [0.15, 0.2) is 17.3 Å². The molecule has 23 heavy (non-hydrogen) atoms. The number of hydrogen-bond donors (Lipinski definition) is 1. The van der Waals surface area contributed by atoms with Gasteiger partial charge in [0.2, 0.25) is 0 Å². The fourth-order valence-electron chi connectivity index (χ4n) is 2.31. The van der Waals surface area contributed by atoms with Crippen molar-refractivity contribution in [1.82, 2.24) is 0 Å². The predicted molar refractivity (Wildman–Crippen MR) is 79.4 cm³/mol. The van der Waals surface area contributed by atoms with Crippen molar-refractivity contribution in [2.24, 2.45) is 4.99 Å². The summed E-state index contributed by atoms with van der Waals surface area (Å²) in [6, 6.07) is 10.6. The van der Waals surface area contributed by atoms with Crippen molar-refractivity contribution < 1.29 is 18.7 Å². The highest BCUT2D eigenvalue weighted by Crippen LogP contribution is 2.32. The lowest BCUT2D eigenvalue weighted by atomic mass is 10.1. The molecule has 0 spiro atoms. The lowest BCUT2D eigenvalue weighted by molar-refractivity contribution is 0.104. The third-order valence-corrected chi connectivity index (χ3v) is 3.38. The Bertz CT molecular complexity index is 940. The topological polar surface area (TPSA) is 73.4 Å². The van der Waals surface area contributed by atoms with Crippen LogP contribution in [0.4, 0.5) is 14.5 Å². The second kappa shape index (κ2) is 5.46. The summed E-state index contributed by atoms with van der Waals surface area (Å²) < 4.78 is 26.6. The minimum Gasteiger partial charge on any atom is -0.506 e. The van der Waals surface area contributed by atoms with E-state index >= 15 is 0 Å². The summed E-state index contributed by atoms with van der Waals surface area (Å²) in [6.07, 6.45) is 0. The predicted octanol–water partition coefficient (Wildman–Crippen LogP) is 3.73. The number of carbonyl (C=O) groups excluding carboxylic acids is 1. The normalized spacial score (nSPS) is 14.0. The largest absolute Gasteiger partial charge is 0.506 e. The number of hydrogen-bond acceptors (Lipinski definition) is 4. The van der Waals surface area contributed by atoms with Crippen LogP contribution < -0.4 is 0 Å². The second-order valence-corrected chi connectivity index (χ2v) is 4.77. The molecular formula is C17H8F2N2O2. The van der Waals surface area contributed by atoms with Crippen LogP contribution in [0.5, 0.6) is 0 Å². The molecule has 3 rings (SSSR count). The molecule has 0 amide bonds. The molecule has 2 aromatic carbocycles. The number of allylic oxidation sites excluding steroid dienone is 1. The van der Waals surface area contributed by atoms with Gasteiger partial charge < -0.3 is 5.11 Å². The Balaban J connectivity index is 2.13. The Kier molecular flexibility index (Phi) is 3.47. The van der Waals surface area contributed by atoms with E-state index in [1.807, 2.05) is 0 Å². The molecule has 0 unspecified atom stereocenters. The highest BCUT2D eigenvalue weighted by molar-refractivity contribution is 6.39. The van der Waals surface area contributed by atoms with Gasteiger partial charge in [-0.3, -0.25) is 4.79 Å². The summed E-state index contributed by atoms with van der Waals surface area (Å²) in [5, 5.41) is 19.4. The van der Waals surface area contributed by atoms with Gasteiger partial charge in [-0.2, -0.15) is 5.26 Å². The summed E-state index contributed by atoms with van der Waals surface area (Å²) in [4.78, 5) is 16.1. The number of halogens is 2. The standard InChI is InChI=1S/C17H8F2N2O2/c18-9-5-6-13(12(19)7-9)21-14(8-20)15-16(22)10-3-1-2-4-11(10)17(15)23/h1-7,22H. The molecule has 0 fully saturated rings. The molecule has 6 heteroatoms. The van der Waals surface area contributed by atoms with E-state index < -0.39 is 23.1 Å². The van der Waals surface area contributed by atoms with Crippen LogP contribution in [0.15, 0.2) is 53.0 Å². The summed E-state index contributed by atoms with van der Waals surface area (Å²) in [7, 11) is 0. The smallest absolute Gasteiger partial charge is 0.200 e. The van der Waals surface area contributed by atoms with E-state index in [0.717, 1.165) is 12.1 Å². The first-order chi connectivity index (χ1) is 11.0. The zero-order valence-electron chi connectivity index (χ0n) is 11.5. The SMILES string of the molecule is N#CC(=Nc1ccc(F)cc1F)C1=C(O)c2ccccc2C1=O. The lowest BCUT2D eigenvalue weighted by Gasteiger charge is -2.01. The number of aliphatic hydroxyl groups excluding tert-OH is 1. The van der Waals surface area contributed by atoms with Crippen LogP contribution in [0.1, 0.15) is 15.9 Å². The van der Waals surface area contributed by atoms with Crippen molar-refractivity contribution in [2.45, 2.75) is 0 Å². The molecule has 0 aromatic heterocycles. The Hall–Kier alpha value is -3.33. The Labute approximate surface area is 129 Å². The number of benzene rings is 2. The van der Waals surface area contributed by atoms with Crippen LogP contribution >= 0.6 is 0 Å². The van der Waals surface area contributed by atoms with Crippen LogP contribution in [0.25, 0.3) is 5.76 Å². The molecule has 0 saturated heterocycles. The maximum atomic E-state index is 13.7. The van der Waals surface area contributed by atoms with E-state index in [1.54, 1.807) is 18.2 Å². The number of carbonyl (C=O) groups is 1. The van der Waals surface area contributed by atoms with Crippen LogP contribution in [-0.4, -0.2) is 16.6 Å². The van der Waals surface area contributed by atoms with Crippen molar-refractivity contribution in [1.29, 1.82) is 5.26 Å². The van der Waals surface area contributed by atoms with E-state index in [-0.39, 0.29) is 28.1 Å². The quantitative estimate of drug-likeness (QED) is 0.859. The Morgan fingerprint density at radius 1 is 1.13 bits per heavy atom. The van der Waals surface area contributed by atoms with Crippen molar-refractivity contribution in [3.63, 3.8) is 0 Å². The monoisotopic (exact) mass is 310 g/mol. The summed E-state index contributed by atoms with van der Waals surface area (Å²) in [5.74, 6) is -2.71. The zero-order chi connectivity index (χ0) is 16.6. The highest BCUT2D eigenvalue weighted by atomic mass is 19.1. The minimum absolute atomic E-state index is 0.238. The Morgan fingerprint density at radius 3 is 2.43 bits per heavy atom. The number of nitrogens with zero attached hydrogens (tertiary/aromatic N) is 2. The van der Waals surface area contributed by atoms with E-state index in [1.165, 1.54) is 12.1 Å². The van der Waals surface area contributed by atoms with Gasteiger partial charge in [-0.1, -0.05) is 24.3 Å². The number of aliphatic imine (C=N–C) groups is 1. The molecule has 0 heterocycles. The van der Waals surface area contributed by atoms with E-state index in [2.05, 4.69) is 4.99 Å². The molecule has 0 saturated carbocycles. The average Bonchev–Trinajstić information content (AvgIpc) is 2.79.